The average Bonchev–Trinajstić information content (AvgIpc) is 3.93. The van der Waals surface area contributed by atoms with E-state index in [1.165, 1.54) is 7.11 Å². The molecule has 0 saturated carbocycles. The van der Waals surface area contributed by atoms with Gasteiger partial charge >= 0.3 is 314 Å². The summed E-state index contributed by atoms with van der Waals surface area (Å²) in [5.41, 5.74) is 4.83. The van der Waals surface area contributed by atoms with Gasteiger partial charge in [0.2, 0.25) is 0 Å². The van der Waals surface area contributed by atoms with Gasteiger partial charge in [0.05, 0.1) is 0 Å². The van der Waals surface area contributed by atoms with E-state index in [1.807, 2.05) is 104 Å². The van der Waals surface area contributed by atoms with Crippen LogP contribution >= 0.6 is 0 Å². The Kier molecular flexibility index (Phi) is 6.60. The molecule has 0 aliphatic carbocycles. The first-order valence-electron chi connectivity index (χ1n) is 17.3. The molecule has 0 radical (unpaired) electrons. The van der Waals surface area contributed by atoms with E-state index in [9.17, 15) is 4.79 Å². The summed E-state index contributed by atoms with van der Waals surface area (Å²) in [6, 6.07) is 36.8. The van der Waals surface area contributed by atoms with Gasteiger partial charge in [-0.05, 0) is 0 Å². The number of hydrogen-bond donors (Lipinski definition) is 0. The first-order valence-corrected chi connectivity index (χ1v) is 20.4. The van der Waals surface area contributed by atoms with Gasteiger partial charge in [-0.3, -0.25) is 0 Å². The molecule has 11 rings (SSSR count). The van der Waals surface area contributed by atoms with Crippen LogP contribution in [-0.2, 0) is 3.53 Å². The average molecular weight is 763 g/mol. The van der Waals surface area contributed by atoms with Gasteiger partial charge in [-0.1, -0.05) is 0 Å². The zero-order valence-electron chi connectivity index (χ0n) is 28.8. The van der Waals surface area contributed by atoms with Crippen LogP contribution in [0.4, 0.5) is 11.6 Å². The van der Waals surface area contributed by atoms with Crippen molar-refractivity contribution >= 4 is 79.6 Å². The van der Waals surface area contributed by atoms with Crippen LogP contribution in [0.3, 0.4) is 0 Å². The third-order valence-electron chi connectivity index (χ3n) is 10.1. The monoisotopic (exact) mass is 762 g/mol. The van der Waals surface area contributed by atoms with E-state index in [1.54, 1.807) is 25.3 Å². The predicted octanol–water partition coefficient (Wildman–Crippen LogP) is 5.79. The molecule has 54 heavy (non-hydrogen) atoms. The van der Waals surface area contributed by atoms with Crippen LogP contribution in [0.2, 0.25) is 0 Å². The minimum atomic E-state index is -4.17. The minimum absolute atomic E-state index is 0.294. The molecule has 0 spiro atoms. The Bertz CT molecular complexity index is 2940. The summed E-state index contributed by atoms with van der Waals surface area (Å²) in [5.74, 6) is 3.52. The fourth-order valence-electron chi connectivity index (χ4n) is 7.62. The summed E-state index contributed by atoms with van der Waals surface area (Å²) in [5, 5.41) is 3.30. The van der Waals surface area contributed by atoms with Crippen molar-refractivity contribution in [3.05, 3.63) is 154 Å². The molecule has 7 aromatic rings. The number of fused-ring (bicyclic) bond motifs is 14. The molecule has 0 amide bonds. The number of methoxy groups -OCH3 is 2. The van der Waals surface area contributed by atoms with Crippen molar-refractivity contribution in [1.82, 2.24) is 6.55 Å². The molecule has 4 aliphatic heterocycles. The Labute approximate surface area is 312 Å². The van der Waals surface area contributed by atoms with Gasteiger partial charge in [0, 0.05) is 0 Å². The molecule has 0 atom stereocenters. The second-order valence-electron chi connectivity index (χ2n) is 13.0. The molecular weight excluding hydrogens is 738 g/mol. The van der Waals surface area contributed by atoms with Gasteiger partial charge in [0.15, 0.2) is 0 Å². The first kappa shape index (κ1) is 30.8. The van der Waals surface area contributed by atoms with Crippen LogP contribution in [0.5, 0.6) is 11.5 Å². The Morgan fingerprint density at radius 2 is 0.944 bits per heavy atom. The number of carbonyl (C=O) groups is 1. The quantitative estimate of drug-likeness (QED) is 0.210. The van der Waals surface area contributed by atoms with E-state index in [2.05, 4.69) is 0 Å². The Hall–Kier alpha value is -6.83. The zero-order valence-corrected chi connectivity index (χ0v) is 31.2. The van der Waals surface area contributed by atoms with E-state index >= 15 is 0 Å². The van der Waals surface area contributed by atoms with Crippen molar-refractivity contribution in [2.45, 2.75) is 0 Å². The molecule has 12 nitrogen and oxygen atoms in total. The molecule has 0 saturated heterocycles. The van der Waals surface area contributed by atoms with Gasteiger partial charge in [0.25, 0.3) is 0 Å². The molecule has 6 heterocycles. The van der Waals surface area contributed by atoms with Crippen LogP contribution in [0.25, 0.3) is 21.5 Å². The van der Waals surface area contributed by atoms with Gasteiger partial charge in [-0.25, -0.2) is 0 Å². The van der Waals surface area contributed by atoms with Crippen molar-refractivity contribution in [2.75, 3.05) is 14.2 Å². The van der Waals surface area contributed by atoms with Crippen molar-refractivity contribution in [1.29, 1.82) is 0 Å². The first-order chi connectivity index (χ1) is 26.6. The van der Waals surface area contributed by atoms with Gasteiger partial charge in [-0.2, -0.15) is 0 Å². The second kappa shape index (κ2) is 11.6. The number of amidine groups is 4. The van der Waals surface area contributed by atoms with Crippen molar-refractivity contribution in [2.24, 2.45) is 30.0 Å². The number of aromatic nitrogens is 2. The van der Waals surface area contributed by atoms with Crippen molar-refractivity contribution in [3.63, 3.8) is 0 Å². The molecule has 6 bridgehead atoms. The van der Waals surface area contributed by atoms with Crippen molar-refractivity contribution < 1.29 is 17.8 Å². The number of aliphatic imine (C=N–C) groups is 4. The summed E-state index contributed by atoms with van der Waals surface area (Å²) in [6.07, 6.45) is 0. The molecule has 2 aromatic heterocycles. The maximum atomic E-state index is 14.6. The van der Waals surface area contributed by atoms with E-state index in [0.717, 1.165) is 43.8 Å². The standard InChI is InChI=1S/C32H16N8.C9H10O4.Ga/c1-2-10-18-17(9-1)25-33-26(18)38-28-21-13-5-6-14-22(21)30(35-28)40-32-24-16-8-7-15-23(24)31(36-32)39-29-20-12-4-3-11-19(20)27(34-29)37-25;1-12-7-4-3-6(9(10)11)5-8(7)13-2;/h1-16H;3-5H,1-2H3,(H,10,11);/q-2;;+3/p-1. The number of ether oxygens (including phenoxy) is 2. The number of hydrogen-bond acceptors (Lipinski definition) is 10. The van der Waals surface area contributed by atoms with E-state index in [4.69, 9.17) is 43.0 Å². The summed E-state index contributed by atoms with van der Waals surface area (Å²) in [4.78, 5) is 46.0. The van der Waals surface area contributed by atoms with Gasteiger partial charge in [-0.15, -0.1) is 0 Å². The Balaban J connectivity index is 1.33. The Morgan fingerprint density at radius 1 is 0.500 bits per heavy atom. The number of benzene rings is 5. The fraction of sp³-hybridized carbons (Fsp3) is 0.0488. The topological polar surface area (TPSA) is 129 Å². The number of nitrogens with zero attached hydrogens (tertiary/aromatic N) is 8. The van der Waals surface area contributed by atoms with E-state index in [-0.39, 0.29) is 0 Å². The fourth-order valence-corrected chi connectivity index (χ4v) is 12.6. The van der Waals surface area contributed by atoms with E-state index in [0.29, 0.717) is 63.0 Å². The second-order valence-corrected chi connectivity index (χ2v) is 17.0. The maximum absolute atomic E-state index is 14.6. The number of rotatable bonds is 4. The third kappa shape index (κ3) is 4.36. The van der Waals surface area contributed by atoms with Crippen LogP contribution in [-0.4, -0.2) is 67.1 Å². The Morgan fingerprint density at radius 3 is 1.43 bits per heavy atom. The van der Waals surface area contributed by atoms with Crippen LogP contribution in [0, 0.1) is 0 Å². The van der Waals surface area contributed by atoms with Crippen molar-refractivity contribution in [3.8, 4) is 11.5 Å². The normalized spacial score (nSPS) is 14.5. The molecule has 4 aliphatic rings. The zero-order chi connectivity index (χ0) is 36.1. The summed E-state index contributed by atoms with van der Waals surface area (Å²) >= 11 is -4.17. The van der Waals surface area contributed by atoms with Crippen LogP contribution < -0.4 is 20.4 Å². The summed E-state index contributed by atoms with van der Waals surface area (Å²) in [7, 11) is 3.08. The summed E-state index contributed by atoms with van der Waals surface area (Å²) in [6.45, 7) is 0. The third-order valence-corrected chi connectivity index (χ3v) is 14.9. The van der Waals surface area contributed by atoms with Crippen LogP contribution in [0.15, 0.2) is 145 Å². The molecule has 13 heteroatoms. The molecular formula is C41H25GaN8O4. The summed E-state index contributed by atoms with van der Waals surface area (Å²) < 4.78 is 22.0. The van der Waals surface area contributed by atoms with Gasteiger partial charge < -0.3 is 0 Å². The SMILES string of the molecule is COc1ccc(C(=O)[O][Ga]2[n]3c4c5ccccc5c3N=C3N=C(N=c5c6ccccc6c([n]52)=NC2=NC(=N4)c4ccccc42)c2ccccc23)cc1OC. The molecule has 0 fully saturated rings. The van der Waals surface area contributed by atoms with Crippen LogP contribution in [0.1, 0.15) is 32.6 Å². The molecule has 5 aromatic carbocycles. The number of carbonyl (C=O) groups excluding carboxylic acids is 1. The van der Waals surface area contributed by atoms with E-state index < -0.39 is 23.0 Å². The molecule has 0 unspecified atom stereocenters. The predicted molar refractivity (Wildman–Crippen MR) is 206 cm³/mol. The molecule has 256 valence electrons. The van der Waals surface area contributed by atoms with Gasteiger partial charge in [0.1, 0.15) is 0 Å². The molecule has 0 N–H and O–H groups in total.